The number of nitrogens with zero attached hydrogens (tertiary/aromatic N) is 3. The van der Waals surface area contributed by atoms with E-state index in [2.05, 4.69) is 26.1 Å². The maximum absolute atomic E-state index is 13.0. The molecule has 3 rings (SSSR count). The number of aromatic nitrogens is 2. The molecule has 3 aromatic rings. The lowest BCUT2D eigenvalue weighted by Gasteiger charge is -2.21. The molecule has 174 valence electrons. The van der Waals surface area contributed by atoms with Crippen LogP contribution in [0.1, 0.15) is 49.3 Å². The molecule has 33 heavy (non-hydrogen) atoms. The third-order valence-corrected chi connectivity index (χ3v) is 5.31. The molecule has 0 bridgehead atoms. The topological polar surface area (TPSA) is 76.5 Å². The van der Waals surface area contributed by atoms with Gasteiger partial charge < -0.3 is 15.0 Å². The summed E-state index contributed by atoms with van der Waals surface area (Å²) in [5.41, 5.74) is 3.11. The van der Waals surface area contributed by atoms with Crippen molar-refractivity contribution in [3.8, 4) is 11.4 Å². The Bertz CT molecular complexity index is 1140. The Morgan fingerprint density at radius 2 is 1.82 bits per heavy atom. The number of rotatable bonds is 7. The third-order valence-electron chi connectivity index (χ3n) is 5.31. The molecule has 0 fully saturated rings. The first kappa shape index (κ1) is 24.0. The number of likely N-dealkylation sites (N-methyl/N-ethyl adjacent to an activating group) is 1. The van der Waals surface area contributed by atoms with Crippen molar-refractivity contribution in [2.24, 2.45) is 0 Å². The highest BCUT2D eigenvalue weighted by molar-refractivity contribution is 5.99. The van der Waals surface area contributed by atoms with Crippen molar-refractivity contribution in [1.29, 1.82) is 0 Å². The second kappa shape index (κ2) is 9.90. The van der Waals surface area contributed by atoms with Gasteiger partial charge in [-0.25, -0.2) is 4.68 Å². The fraction of sp³-hybridized carbons (Fsp3) is 0.346. The highest BCUT2D eigenvalue weighted by Crippen LogP contribution is 2.26. The molecule has 0 spiro atoms. The molecule has 1 N–H and O–H groups in total. The van der Waals surface area contributed by atoms with Crippen molar-refractivity contribution >= 4 is 17.6 Å². The smallest absolute Gasteiger partial charge is 0.254 e. The molecule has 0 unspecified atom stereocenters. The average molecular weight is 449 g/mol. The van der Waals surface area contributed by atoms with Crippen LogP contribution in [0.2, 0.25) is 0 Å². The molecular formula is C26H32N4O3. The molecule has 0 saturated heterocycles. The molecule has 1 heterocycles. The summed E-state index contributed by atoms with van der Waals surface area (Å²) in [7, 11) is 1.55. The van der Waals surface area contributed by atoms with Gasteiger partial charge in [0, 0.05) is 23.6 Å². The molecule has 7 nitrogen and oxygen atoms in total. The quantitative estimate of drug-likeness (QED) is 0.574. The lowest BCUT2D eigenvalue weighted by Crippen LogP contribution is -2.38. The van der Waals surface area contributed by atoms with E-state index in [0.717, 1.165) is 16.9 Å². The predicted molar refractivity (Wildman–Crippen MR) is 130 cm³/mol. The van der Waals surface area contributed by atoms with Crippen LogP contribution in [0.15, 0.2) is 54.6 Å². The minimum absolute atomic E-state index is 0.0730. The summed E-state index contributed by atoms with van der Waals surface area (Å²) in [6.07, 6.45) is 0. The second-order valence-corrected chi connectivity index (χ2v) is 9.02. The second-order valence-electron chi connectivity index (χ2n) is 9.02. The first-order valence-corrected chi connectivity index (χ1v) is 11.0. The van der Waals surface area contributed by atoms with Gasteiger partial charge in [-0.1, -0.05) is 39.0 Å². The SMILES string of the molecule is CCN(CC(=O)Nc1cc(C(C)(C)C)nn1-c1cccc(C)c1)C(=O)c1cccc(OC)c1. The zero-order valence-electron chi connectivity index (χ0n) is 20.2. The lowest BCUT2D eigenvalue weighted by atomic mass is 9.92. The highest BCUT2D eigenvalue weighted by atomic mass is 16.5. The fourth-order valence-corrected chi connectivity index (χ4v) is 3.41. The van der Waals surface area contributed by atoms with Crippen LogP contribution in [0.5, 0.6) is 5.75 Å². The zero-order chi connectivity index (χ0) is 24.2. The van der Waals surface area contributed by atoms with Gasteiger partial charge >= 0.3 is 0 Å². The van der Waals surface area contributed by atoms with Crippen LogP contribution in [0, 0.1) is 6.92 Å². The van der Waals surface area contributed by atoms with Crippen molar-refractivity contribution in [2.45, 2.75) is 40.0 Å². The van der Waals surface area contributed by atoms with Crippen LogP contribution in [-0.4, -0.2) is 46.7 Å². The maximum Gasteiger partial charge on any atom is 0.254 e. The van der Waals surface area contributed by atoms with Gasteiger partial charge in [0.05, 0.1) is 18.5 Å². The van der Waals surface area contributed by atoms with Gasteiger partial charge in [-0.15, -0.1) is 0 Å². The largest absolute Gasteiger partial charge is 0.497 e. The Morgan fingerprint density at radius 1 is 1.09 bits per heavy atom. The number of methoxy groups -OCH3 is 1. The Hall–Kier alpha value is -3.61. The summed E-state index contributed by atoms with van der Waals surface area (Å²) >= 11 is 0. The Morgan fingerprint density at radius 3 is 2.45 bits per heavy atom. The van der Waals surface area contributed by atoms with E-state index in [1.54, 1.807) is 36.1 Å². The van der Waals surface area contributed by atoms with Crippen molar-refractivity contribution in [1.82, 2.24) is 14.7 Å². The van der Waals surface area contributed by atoms with Crippen LogP contribution >= 0.6 is 0 Å². The Kier molecular flexibility index (Phi) is 7.21. The van der Waals surface area contributed by atoms with Gasteiger partial charge in [-0.05, 0) is 49.7 Å². The van der Waals surface area contributed by atoms with Gasteiger partial charge in [0.2, 0.25) is 5.91 Å². The van der Waals surface area contributed by atoms with Crippen LogP contribution in [0.3, 0.4) is 0 Å². The van der Waals surface area contributed by atoms with E-state index in [1.165, 1.54) is 4.90 Å². The maximum atomic E-state index is 13.0. The first-order valence-electron chi connectivity index (χ1n) is 11.0. The summed E-state index contributed by atoms with van der Waals surface area (Å²) in [6, 6.07) is 16.7. The molecule has 0 aliphatic carbocycles. The number of benzene rings is 2. The lowest BCUT2D eigenvalue weighted by molar-refractivity contribution is -0.116. The number of anilines is 1. The molecule has 0 aliphatic heterocycles. The van der Waals surface area contributed by atoms with E-state index in [4.69, 9.17) is 9.84 Å². The van der Waals surface area contributed by atoms with Gasteiger partial charge in [0.25, 0.3) is 5.91 Å². The normalized spacial score (nSPS) is 11.2. The predicted octanol–water partition coefficient (Wildman–Crippen LogP) is 4.59. The van der Waals surface area contributed by atoms with E-state index in [9.17, 15) is 9.59 Å². The van der Waals surface area contributed by atoms with Gasteiger partial charge in [-0.3, -0.25) is 9.59 Å². The zero-order valence-corrected chi connectivity index (χ0v) is 20.2. The van der Waals surface area contributed by atoms with E-state index in [-0.39, 0.29) is 23.8 Å². The van der Waals surface area contributed by atoms with Crippen molar-refractivity contribution < 1.29 is 14.3 Å². The monoisotopic (exact) mass is 448 g/mol. The Labute approximate surface area is 195 Å². The number of hydrogen-bond acceptors (Lipinski definition) is 4. The summed E-state index contributed by atoms with van der Waals surface area (Å²) in [6.45, 7) is 10.4. The molecule has 7 heteroatoms. The summed E-state index contributed by atoms with van der Waals surface area (Å²) < 4.78 is 6.95. The highest BCUT2D eigenvalue weighted by Gasteiger charge is 2.23. The minimum Gasteiger partial charge on any atom is -0.497 e. The van der Waals surface area contributed by atoms with Crippen molar-refractivity contribution in [3.05, 3.63) is 71.4 Å². The van der Waals surface area contributed by atoms with Gasteiger partial charge in [0.15, 0.2) is 0 Å². The number of aryl methyl sites for hydroxylation is 1. The third kappa shape index (κ3) is 5.80. The number of hydrogen-bond donors (Lipinski definition) is 1. The molecule has 0 saturated carbocycles. The van der Waals surface area contributed by atoms with E-state index in [0.29, 0.717) is 23.7 Å². The van der Waals surface area contributed by atoms with Gasteiger partial charge in [-0.2, -0.15) is 5.10 Å². The molecular weight excluding hydrogens is 416 g/mol. The van der Waals surface area contributed by atoms with Crippen LogP contribution in [0.4, 0.5) is 5.82 Å². The van der Waals surface area contributed by atoms with Crippen LogP contribution < -0.4 is 10.1 Å². The molecule has 1 aromatic heterocycles. The van der Waals surface area contributed by atoms with E-state index < -0.39 is 0 Å². The minimum atomic E-state index is -0.289. The van der Waals surface area contributed by atoms with E-state index in [1.807, 2.05) is 44.2 Å². The molecule has 0 aliphatic rings. The molecule has 2 aromatic carbocycles. The molecule has 0 radical (unpaired) electrons. The number of ether oxygens (including phenoxy) is 1. The number of nitrogens with one attached hydrogen (secondary N) is 1. The van der Waals surface area contributed by atoms with E-state index >= 15 is 0 Å². The van der Waals surface area contributed by atoms with Crippen molar-refractivity contribution in [3.63, 3.8) is 0 Å². The Balaban J connectivity index is 1.84. The molecule has 0 atom stereocenters. The number of amides is 2. The average Bonchev–Trinajstić information content (AvgIpc) is 3.21. The fourth-order valence-electron chi connectivity index (χ4n) is 3.41. The van der Waals surface area contributed by atoms with Gasteiger partial charge in [0.1, 0.15) is 18.1 Å². The summed E-state index contributed by atoms with van der Waals surface area (Å²) in [5.74, 6) is 0.648. The summed E-state index contributed by atoms with van der Waals surface area (Å²) in [4.78, 5) is 27.4. The number of carbonyl (C=O) groups is 2. The number of carbonyl (C=O) groups excluding carboxylic acids is 2. The standard InChI is InChI=1S/C26H32N4O3/c1-7-29(25(32)19-11-9-13-21(15-19)33-6)17-24(31)27-23-16-22(26(3,4)5)28-30(23)20-12-8-10-18(2)14-20/h8-16H,7,17H2,1-6H3,(H,27,31). The first-order chi connectivity index (χ1) is 15.6. The summed E-state index contributed by atoms with van der Waals surface area (Å²) in [5, 5.41) is 7.71. The van der Waals surface area contributed by atoms with Crippen molar-refractivity contribution in [2.75, 3.05) is 25.5 Å². The van der Waals surface area contributed by atoms with Crippen LogP contribution in [0.25, 0.3) is 5.69 Å². The molecule has 2 amide bonds. The van der Waals surface area contributed by atoms with Crippen LogP contribution in [-0.2, 0) is 10.2 Å².